The van der Waals surface area contributed by atoms with Crippen LogP contribution in [0.2, 0.25) is 0 Å². The number of anilines is 1. The molecule has 0 radical (unpaired) electrons. The Bertz CT molecular complexity index is 702. The molecule has 2 aliphatic heterocycles. The van der Waals surface area contributed by atoms with Crippen molar-refractivity contribution in [3.63, 3.8) is 0 Å². The van der Waals surface area contributed by atoms with E-state index in [4.69, 9.17) is 4.74 Å². The van der Waals surface area contributed by atoms with Gasteiger partial charge in [0.2, 0.25) is 5.91 Å². The van der Waals surface area contributed by atoms with Crippen LogP contribution in [0.5, 0.6) is 5.75 Å². The Morgan fingerprint density at radius 3 is 3.04 bits per heavy atom. The molecular weight excluding hydrogens is 340 g/mol. The van der Waals surface area contributed by atoms with Gasteiger partial charge < -0.3 is 15.4 Å². The molecule has 1 fully saturated rings. The predicted molar refractivity (Wildman–Crippen MR) is 94.2 cm³/mol. The maximum absolute atomic E-state index is 12.2. The van der Waals surface area contributed by atoms with Crippen LogP contribution >= 0.6 is 0 Å². The Morgan fingerprint density at radius 2 is 2.31 bits per heavy atom. The van der Waals surface area contributed by atoms with Crippen LogP contribution in [0.15, 0.2) is 18.2 Å². The van der Waals surface area contributed by atoms with Crippen LogP contribution in [0.3, 0.4) is 0 Å². The van der Waals surface area contributed by atoms with E-state index in [1.165, 1.54) is 23.1 Å². The van der Waals surface area contributed by atoms with Crippen LogP contribution in [-0.4, -0.2) is 49.5 Å². The average molecular weight is 362 g/mol. The van der Waals surface area contributed by atoms with Crippen molar-refractivity contribution in [1.29, 1.82) is 0 Å². The number of non-ortho nitro benzene ring substituents is 1. The standard InChI is InChI=1S/C17H22N4O5/c22-16(19-7-5-12-2-1-6-18-9-12)10-20-14-8-13(21(24)25)3-4-15(14)26-11-17(20)23/h3-4,8,12,18H,1-2,5-7,9-11H2,(H,19,22). The quantitative estimate of drug-likeness (QED) is 0.572. The molecule has 2 N–H and O–H groups in total. The maximum atomic E-state index is 12.2. The molecule has 1 aromatic carbocycles. The van der Waals surface area contributed by atoms with E-state index in [-0.39, 0.29) is 30.4 Å². The molecule has 0 aromatic heterocycles. The third-order valence-corrected chi connectivity index (χ3v) is 4.67. The fourth-order valence-corrected chi connectivity index (χ4v) is 3.26. The van der Waals surface area contributed by atoms with Crippen molar-refractivity contribution in [2.45, 2.75) is 19.3 Å². The molecule has 9 nitrogen and oxygen atoms in total. The zero-order valence-electron chi connectivity index (χ0n) is 14.4. The first-order chi connectivity index (χ1) is 12.5. The van der Waals surface area contributed by atoms with Crippen molar-refractivity contribution < 1.29 is 19.2 Å². The number of nitro benzene ring substituents is 1. The van der Waals surface area contributed by atoms with Crippen molar-refractivity contribution >= 4 is 23.2 Å². The number of carbonyl (C=O) groups is 2. The smallest absolute Gasteiger partial charge is 0.271 e. The van der Waals surface area contributed by atoms with Gasteiger partial charge in [0.25, 0.3) is 11.6 Å². The first-order valence-corrected chi connectivity index (χ1v) is 8.73. The molecule has 0 aliphatic carbocycles. The molecule has 1 aromatic rings. The summed E-state index contributed by atoms with van der Waals surface area (Å²) in [4.78, 5) is 36.0. The summed E-state index contributed by atoms with van der Waals surface area (Å²) in [5.41, 5.74) is 0.0966. The molecular formula is C17H22N4O5. The van der Waals surface area contributed by atoms with E-state index in [0.717, 1.165) is 32.4 Å². The van der Waals surface area contributed by atoms with Gasteiger partial charge >= 0.3 is 0 Å². The normalized spacial score (nSPS) is 19.5. The number of hydrogen-bond acceptors (Lipinski definition) is 6. The van der Waals surface area contributed by atoms with Crippen LogP contribution in [0.25, 0.3) is 0 Å². The Labute approximate surface area is 150 Å². The summed E-state index contributed by atoms with van der Waals surface area (Å²) in [5.74, 6) is 0.222. The number of piperidine rings is 1. The second-order valence-corrected chi connectivity index (χ2v) is 6.53. The number of nitrogens with zero attached hydrogens (tertiary/aromatic N) is 2. The highest BCUT2D eigenvalue weighted by molar-refractivity contribution is 6.02. The largest absolute Gasteiger partial charge is 0.482 e. The molecule has 0 spiro atoms. The van der Waals surface area contributed by atoms with E-state index in [1.807, 2.05) is 0 Å². The van der Waals surface area contributed by atoms with E-state index in [2.05, 4.69) is 10.6 Å². The van der Waals surface area contributed by atoms with Crippen LogP contribution in [-0.2, 0) is 9.59 Å². The SMILES string of the molecule is O=C(CN1C(=O)COc2ccc([N+](=O)[O-])cc21)NCCC1CCCNC1. The van der Waals surface area contributed by atoms with E-state index in [9.17, 15) is 19.7 Å². The Balaban J connectivity index is 1.59. The molecule has 0 saturated carbocycles. The summed E-state index contributed by atoms with van der Waals surface area (Å²) in [6.07, 6.45) is 3.19. The van der Waals surface area contributed by atoms with Crippen LogP contribution in [0.1, 0.15) is 19.3 Å². The van der Waals surface area contributed by atoms with Crippen molar-refractivity contribution in [1.82, 2.24) is 10.6 Å². The van der Waals surface area contributed by atoms with Crippen molar-refractivity contribution in [3.8, 4) is 5.75 Å². The molecule has 2 heterocycles. The summed E-state index contributed by atoms with van der Waals surface area (Å²) in [5, 5.41) is 17.1. The Kier molecular flexibility index (Phi) is 5.67. The maximum Gasteiger partial charge on any atom is 0.271 e. The highest BCUT2D eigenvalue weighted by atomic mass is 16.6. The van der Waals surface area contributed by atoms with Gasteiger partial charge in [0.05, 0.1) is 10.6 Å². The van der Waals surface area contributed by atoms with Crippen LogP contribution < -0.4 is 20.3 Å². The van der Waals surface area contributed by atoms with Crippen molar-refractivity contribution in [2.24, 2.45) is 5.92 Å². The van der Waals surface area contributed by atoms with Gasteiger partial charge in [-0.05, 0) is 44.3 Å². The van der Waals surface area contributed by atoms with Gasteiger partial charge in [0.1, 0.15) is 12.3 Å². The summed E-state index contributed by atoms with van der Waals surface area (Å²) >= 11 is 0. The predicted octanol–water partition coefficient (Wildman–Crippen LogP) is 0.826. The topological polar surface area (TPSA) is 114 Å². The van der Waals surface area contributed by atoms with Gasteiger partial charge in [-0.25, -0.2) is 0 Å². The van der Waals surface area contributed by atoms with Gasteiger partial charge in [-0.2, -0.15) is 0 Å². The number of fused-ring (bicyclic) bond motifs is 1. The number of nitrogens with one attached hydrogen (secondary N) is 2. The zero-order chi connectivity index (χ0) is 18.5. The Hall–Kier alpha value is -2.68. The molecule has 26 heavy (non-hydrogen) atoms. The molecule has 2 aliphatic rings. The van der Waals surface area contributed by atoms with E-state index in [1.54, 1.807) is 0 Å². The highest BCUT2D eigenvalue weighted by Gasteiger charge is 2.29. The first kappa shape index (κ1) is 18.1. The minimum atomic E-state index is -0.546. The molecule has 9 heteroatoms. The molecule has 0 bridgehead atoms. The van der Waals surface area contributed by atoms with Crippen molar-refractivity contribution in [2.75, 3.05) is 37.7 Å². The third kappa shape index (κ3) is 4.29. The van der Waals surface area contributed by atoms with Crippen LogP contribution in [0, 0.1) is 16.0 Å². The Morgan fingerprint density at radius 1 is 1.46 bits per heavy atom. The second kappa shape index (κ2) is 8.13. The lowest BCUT2D eigenvalue weighted by Crippen LogP contribution is -2.45. The van der Waals surface area contributed by atoms with Gasteiger partial charge in [-0.15, -0.1) is 0 Å². The average Bonchev–Trinajstić information content (AvgIpc) is 2.64. The molecule has 140 valence electrons. The number of amides is 2. The fourth-order valence-electron chi connectivity index (χ4n) is 3.26. The summed E-state index contributed by atoms with van der Waals surface area (Å²) < 4.78 is 5.29. The van der Waals surface area contributed by atoms with Gasteiger partial charge in [0, 0.05) is 18.7 Å². The number of hydrogen-bond donors (Lipinski definition) is 2. The lowest BCUT2D eigenvalue weighted by Gasteiger charge is -2.28. The van der Waals surface area contributed by atoms with Gasteiger partial charge in [-0.1, -0.05) is 0 Å². The number of carbonyl (C=O) groups excluding carboxylic acids is 2. The summed E-state index contributed by atoms with van der Waals surface area (Å²) in [7, 11) is 0. The van der Waals surface area contributed by atoms with E-state index < -0.39 is 10.8 Å². The molecule has 1 saturated heterocycles. The number of benzene rings is 1. The zero-order valence-corrected chi connectivity index (χ0v) is 14.4. The first-order valence-electron chi connectivity index (χ1n) is 8.73. The highest BCUT2D eigenvalue weighted by Crippen LogP contribution is 2.35. The third-order valence-electron chi connectivity index (χ3n) is 4.67. The lowest BCUT2D eigenvalue weighted by molar-refractivity contribution is -0.384. The van der Waals surface area contributed by atoms with Gasteiger partial charge in [-0.3, -0.25) is 24.6 Å². The molecule has 2 amide bonds. The van der Waals surface area contributed by atoms with E-state index in [0.29, 0.717) is 18.2 Å². The number of nitro groups is 1. The van der Waals surface area contributed by atoms with Crippen LogP contribution in [0.4, 0.5) is 11.4 Å². The molecule has 3 rings (SSSR count). The fraction of sp³-hybridized carbons (Fsp3) is 0.529. The lowest BCUT2D eigenvalue weighted by atomic mass is 9.96. The molecule has 1 atom stereocenters. The number of rotatable bonds is 6. The summed E-state index contributed by atoms with van der Waals surface area (Å²) in [6, 6.07) is 4.01. The van der Waals surface area contributed by atoms with E-state index >= 15 is 0 Å². The second-order valence-electron chi connectivity index (χ2n) is 6.53. The monoisotopic (exact) mass is 362 g/mol. The summed E-state index contributed by atoms with van der Waals surface area (Å²) in [6.45, 7) is 2.19. The minimum absolute atomic E-state index is 0.155. The van der Waals surface area contributed by atoms with Crippen molar-refractivity contribution in [3.05, 3.63) is 28.3 Å². The minimum Gasteiger partial charge on any atom is -0.482 e. The number of ether oxygens (including phenoxy) is 1. The van der Waals surface area contributed by atoms with Gasteiger partial charge in [0.15, 0.2) is 6.61 Å². The molecule has 1 unspecified atom stereocenters.